The van der Waals surface area contributed by atoms with Crippen molar-refractivity contribution in [3.63, 3.8) is 0 Å². The van der Waals surface area contributed by atoms with Gasteiger partial charge < -0.3 is 10.2 Å². The zero-order valence-corrected chi connectivity index (χ0v) is 14.0. The van der Waals surface area contributed by atoms with Gasteiger partial charge in [-0.05, 0) is 59.5 Å². The Morgan fingerprint density at radius 3 is 2.57 bits per heavy atom. The van der Waals surface area contributed by atoms with Gasteiger partial charge in [0.05, 0.1) is 20.0 Å². The number of nitrogens with zero attached hydrogens (tertiary/aromatic N) is 1. The van der Waals surface area contributed by atoms with Crippen LogP contribution in [0.1, 0.15) is 28.9 Å². The molecule has 0 radical (unpaired) electrons. The number of amides is 1. The molecule has 1 aliphatic rings. The van der Waals surface area contributed by atoms with Gasteiger partial charge in [0.15, 0.2) is 0 Å². The Bertz CT molecular complexity index is 635. The second kappa shape index (κ2) is 6.62. The zero-order valence-electron chi connectivity index (χ0n) is 11.6. The first-order valence-corrected chi connectivity index (χ1v) is 8.75. The highest BCUT2D eigenvalue weighted by molar-refractivity contribution is 9.11. The largest absolute Gasteiger partial charge is 0.370 e. The summed E-state index contributed by atoms with van der Waals surface area (Å²) in [5.41, 5.74) is 2.02. The third kappa shape index (κ3) is 3.47. The smallest absolute Gasteiger partial charge is 0.265 e. The molecule has 110 valence electrons. The van der Waals surface area contributed by atoms with Gasteiger partial charge in [0.25, 0.3) is 5.91 Å². The molecule has 0 saturated carbocycles. The normalized spacial score (nSPS) is 15.0. The van der Waals surface area contributed by atoms with E-state index in [0.29, 0.717) is 0 Å². The quantitative estimate of drug-likeness (QED) is 0.851. The van der Waals surface area contributed by atoms with Crippen molar-refractivity contribution >= 4 is 44.5 Å². The Balaban J connectivity index is 1.80. The number of hydrogen-bond donors (Lipinski definition) is 1. The average Bonchev–Trinajstić information content (AvgIpc) is 2.95. The maximum Gasteiger partial charge on any atom is 0.265 e. The van der Waals surface area contributed by atoms with E-state index in [0.717, 1.165) is 33.1 Å². The first-order valence-electron chi connectivity index (χ1n) is 7.15. The van der Waals surface area contributed by atoms with E-state index in [-0.39, 0.29) is 5.91 Å². The molecule has 1 fully saturated rings. The van der Waals surface area contributed by atoms with Crippen molar-refractivity contribution in [3.05, 3.63) is 45.1 Å². The SMILES string of the molecule is O=C(Nc1ccccc1N1CCCCC1)c1ccc(Br)s1. The van der Waals surface area contributed by atoms with Gasteiger partial charge in [-0.15, -0.1) is 11.3 Å². The molecule has 0 aliphatic carbocycles. The highest BCUT2D eigenvalue weighted by atomic mass is 79.9. The van der Waals surface area contributed by atoms with E-state index in [1.165, 1.54) is 30.6 Å². The number of carbonyl (C=O) groups is 1. The van der Waals surface area contributed by atoms with Crippen LogP contribution in [0.15, 0.2) is 40.2 Å². The third-order valence-electron chi connectivity index (χ3n) is 3.65. The van der Waals surface area contributed by atoms with E-state index < -0.39 is 0 Å². The molecular formula is C16H17BrN2OS. The van der Waals surface area contributed by atoms with E-state index in [1.54, 1.807) is 0 Å². The number of anilines is 2. The summed E-state index contributed by atoms with van der Waals surface area (Å²) in [5, 5.41) is 3.05. The molecule has 0 spiro atoms. The van der Waals surface area contributed by atoms with Gasteiger partial charge in [-0.2, -0.15) is 0 Å². The van der Waals surface area contributed by atoms with Crippen molar-refractivity contribution in [2.75, 3.05) is 23.3 Å². The van der Waals surface area contributed by atoms with Crippen LogP contribution in [0.3, 0.4) is 0 Å². The summed E-state index contributed by atoms with van der Waals surface area (Å²) in [4.78, 5) is 15.4. The number of nitrogens with one attached hydrogen (secondary N) is 1. The number of hydrogen-bond acceptors (Lipinski definition) is 3. The monoisotopic (exact) mass is 364 g/mol. The number of piperidine rings is 1. The molecule has 2 aromatic rings. The van der Waals surface area contributed by atoms with Crippen molar-refractivity contribution in [2.45, 2.75) is 19.3 Å². The van der Waals surface area contributed by atoms with Crippen LogP contribution < -0.4 is 10.2 Å². The second-order valence-corrected chi connectivity index (χ2v) is 7.59. The van der Waals surface area contributed by atoms with Gasteiger partial charge in [0, 0.05) is 13.1 Å². The Kier molecular flexibility index (Phi) is 4.60. The standard InChI is InChI=1S/C16H17BrN2OS/c17-15-9-8-14(21-15)16(20)18-12-6-2-3-7-13(12)19-10-4-1-5-11-19/h2-3,6-9H,1,4-5,10-11H2,(H,18,20). The van der Waals surface area contributed by atoms with Gasteiger partial charge in [-0.25, -0.2) is 0 Å². The lowest BCUT2D eigenvalue weighted by atomic mass is 10.1. The third-order valence-corrected chi connectivity index (χ3v) is 5.27. The van der Waals surface area contributed by atoms with Crippen molar-refractivity contribution in [1.29, 1.82) is 0 Å². The van der Waals surface area contributed by atoms with E-state index in [9.17, 15) is 4.79 Å². The highest BCUT2D eigenvalue weighted by Crippen LogP contribution is 2.29. The number of rotatable bonds is 3. The maximum absolute atomic E-state index is 12.3. The fourth-order valence-corrected chi connectivity index (χ4v) is 3.89. The van der Waals surface area contributed by atoms with Gasteiger partial charge in [0.2, 0.25) is 0 Å². The van der Waals surface area contributed by atoms with Crippen LogP contribution in [-0.2, 0) is 0 Å². The van der Waals surface area contributed by atoms with Crippen LogP contribution in [0, 0.1) is 0 Å². The minimum Gasteiger partial charge on any atom is -0.370 e. The highest BCUT2D eigenvalue weighted by Gasteiger charge is 2.16. The Hall–Kier alpha value is -1.33. The van der Waals surface area contributed by atoms with Gasteiger partial charge in [-0.1, -0.05) is 12.1 Å². The molecule has 0 unspecified atom stereocenters. The number of para-hydroxylation sites is 2. The minimum absolute atomic E-state index is 0.0461. The van der Waals surface area contributed by atoms with Crippen molar-refractivity contribution in [3.8, 4) is 0 Å². The zero-order chi connectivity index (χ0) is 14.7. The van der Waals surface area contributed by atoms with Crippen molar-refractivity contribution in [1.82, 2.24) is 0 Å². The van der Waals surface area contributed by atoms with E-state index in [2.05, 4.69) is 32.2 Å². The molecule has 1 amide bonds. The fraction of sp³-hybridized carbons (Fsp3) is 0.312. The maximum atomic E-state index is 12.3. The van der Waals surface area contributed by atoms with Crippen LogP contribution in [-0.4, -0.2) is 19.0 Å². The van der Waals surface area contributed by atoms with Gasteiger partial charge in [-0.3, -0.25) is 4.79 Å². The summed E-state index contributed by atoms with van der Waals surface area (Å²) in [5.74, 6) is -0.0461. The molecule has 21 heavy (non-hydrogen) atoms. The lowest BCUT2D eigenvalue weighted by Crippen LogP contribution is -2.30. The van der Waals surface area contributed by atoms with Crippen LogP contribution in [0.4, 0.5) is 11.4 Å². The van der Waals surface area contributed by atoms with Crippen molar-refractivity contribution < 1.29 is 4.79 Å². The molecule has 3 rings (SSSR count). The van der Waals surface area contributed by atoms with Gasteiger partial charge in [0.1, 0.15) is 0 Å². The van der Waals surface area contributed by atoms with Gasteiger partial charge >= 0.3 is 0 Å². The summed E-state index contributed by atoms with van der Waals surface area (Å²) >= 11 is 4.84. The molecule has 1 aromatic carbocycles. The molecule has 0 bridgehead atoms. The lowest BCUT2D eigenvalue weighted by Gasteiger charge is -2.30. The Morgan fingerprint density at radius 1 is 1.10 bits per heavy atom. The summed E-state index contributed by atoms with van der Waals surface area (Å²) in [6, 6.07) is 11.8. The summed E-state index contributed by atoms with van der Waals surface area (Å²) in [7, 11) is 0. The Labute approximate surface area is 137 Å². The Morgan fingerprint density at radius 2 is 1.86 bits per heavy atom. The first-order chi connectivity index (χ1) is 10.2. The molecule has 0 atom stereocenters. The molecule has 1 aliphatic heterocycles. The summed E-state index contributed by atoms with van der Waals surface area (Å²) < 4.78 is 0.969. The van der Waals surface area contributed by atoms with Crippen LogP contribution in [0.2, 0.25) is 0 Å². The first kappa shape index (κ1) is 14.6. The summed E-state index contributed by atoms with van der Waals surface area (Å²) in [6.07, 6.45) is 3.74. The predicted molar refractivity (Wildman–Crippen MR) is 92.5 cm³/mol. The number of halogens is 1. The van der Waals surface area contributed by atoms with Crippen LogP contribution in [0.5, 0.6) is 0 Å². The molecule has 5 heteroatoms. The fourth-order valence-electron chi connectivity index (χ4n) is 2.61. The molecule has 1 aromatic heterocycles. The summed E-state index contributed by atoms with van der Waals surface area (Å²) in [6.45, 7) is 2.13. The average molecular weight is 365 g/mol. The number of carbonyl (C=O) groups excluding carboxylic acids is 1. The number of benzene rings is 1. The minimum atomic E-state index is -0.0461. The molecule has 2 heterocycles. The molecular weight excluding hydrogens is 348 g/mol. The molecule has 1 N–H and O–H groups in total. The van der Waals surface area contributed by atoms with E-state index in [1.807, 2.05) is 30.3 Å². The van der Waals surface area contributed by atoms with Crippen LogP contribution in [0.25, 0.3) is 0 Å². The molecule has 3 nitrogen and oxygen atoms in total. The van der Waals surface area contributed by atoms with E-state index >= 15 is 0 Å². The van der Waals surface area contributed by atoms with E-state index in [4.69, 9.17) is 0 Å². The topological polar surface area (TPSA) is 32.3 Å². The lowest BCUT2D eigenvalue weighted by molar-refractivity contribution is 0.103. The predicted octanol–water partition coefficient (Wildman–Crippen LogP) is 4.75. The van der Waals surface area contributed by atoms with Crippen molar-refractivity contribution in [2.24, 2.45) is 0 Å². The number of thiophene rings is 1. The van der Waals surface area contributed by atoms with Crippen LogP contribution >= 0.6 is 27.3 Å². The second-order valence-electron chi connectivity index (χ2n) is 5.12. The molecule has 1 saturated heterocycles.